The fourth-order valence-corrected chi connectivity index (χ4v) is 4.26. The van der Waals surface area contributed by atoms with Gasteiger partial charge in [0, 0.05) is 40.3 Å². The first-order valence-electron chi connectivity index (χ1n) is 10.4. The van der Waals surface area contributed by atoms with Gasteiger partial charge in [0.1, 0.15) is 12.4 Å². The molecule has 2 aromatic carbocycles. The third-order valence-corrected chi connectivity index (χ3v) is 6.41. The Morgan fingerprint density at radius 2 is 1.78 bits per heavy atom. The highest BCUT2D eigenvalue weighted by Crippen LogP contribution is 2.29. The zero-order valence-electron chi connectivity index (χ0n) is 18.0. The standard InChI is InChI=1S/C25H24Cl2N2O3/c1-16(12-25(30)31-2)29-13-18-8-11-23(28-24(18)14-29)17-6-9-19(10-7-17)32-15-20-21(26)4-3-5-22(20)27/h3-11,16H,12-15H2,1-2H3. The summed E-state index contributed by atoms with van der Waals surface area (Å²) in [4.78, 5) is 18.7. The van der Waals surface area contributed by atoms with Gasteiger partial charge in [0.05, 0.1) is 24.9 Å². The molecule has 1 aromatic heterocycles. The third-order valence-electron chi connectivity index (χ3n) is 5.70. The van der Waals surface area contributed by atoms with E-state index in [0.717, 1.165) is 41.4 Å². The molecule has 3 aromatic rings. The van der Waals surface area contributed by atoms with E-state index in [1.165, 1.54) is 12.7 Å². The fraction of sp³-hybridized carbons (Fsp3) is 0.280. The summed E-state index contributed by atoms with van der Waals surface area (Å²) in [5.74, 6) is 0.537. The van der Waals surface area contributed by atoms with E-state index in [-0.39, 0.29) is 12.0 Å². The minimum absolute atomic E-state index is 0.100. The Balaban J connectivity index is 1.41. The number of fused-ring (bicyclic) bond motifs is 1. The third kappa shape index (κ3) is 5.07. The number of pyridine rings is 1. The Kier molecular flexibility index (Phi) is 6.99. The second kappa shape index (κ2) is 9.90. The average Bonchev–Trinajstić information content (AvgIpc) is 3.23. The van der Waals surface area contributed by atoms with Crippen molar-refractivity contribution >= 4 is 29.2 Å². The van der Waals surface area contributed by atoms with Gasteiger partial charge in [-0.1, -0.05) is 35.3 Å². The van der Waals surface area contributed by atoms with Crippen LogP contribution in [0.25, 0.3) is 11.3 Å². The molecule has 4 rings (SSSR count). The molecule has 0 spiro atoms. The molecule has 0 amide bonds. The summed E-state index contributed by atoms with van der Waals surface area (Å²) >= 11 is 12.4. The number of esters is 1. The van der Waals surface area contributed by atoms with Crippen LogP contribution in [0.3, 0.4) is 0 Å². The number of carbonyl (C=O) groups is 1. The van der Waals surface area contributed by atoms with E-state index in [2.05, 4.69) is 11.0 Å². The smallest absolute Gasteiger partial charge is 0.307 e. The maximum Gasteiger partial charge on any atom is 0.307 e. The molecule has 0 aliphatic carbocycles. The van der Waals surface area contributed by atoms with Gasteiger partial charge in [-0.15, -0.1) is 0 Å². The van der Waals surface area contributed by atoms with Gasteiger partial charge in [-0.05, 0) is 55.0 Å². The normalized spacial score (nSPS) is 14.1. The van der Waals surface area contributed by atoms with E-state index >= 15 is 0 Å². The predicted octanol–water partition coefficient (Wildman–Crippen LogP) is 5.90. The largest absolute Gasteiger partial charge is 0.489 e. The summed E-state index contributed by atoms with van der Waals surface area (Å²) < 4.78 is 10.7. The second-order valence-electron chi connectivity index (χ2n) is 7.85. The molecule has 0 radical (unpaired) electrons. The van der Waals surface area contributed by atoms with Gasteiger partial charge in [0.15, 0.2) is 0 Å². The van der Waals surface area contributed by atoms with E-state index in [4.69, 9.17) is 37.7 Å². The zero-order valence-corrected chi connectivity index (χ0v) is 19.5. The van der Waals surface area contributed by atoms with Crippen LogP contribution in [-0.2, 0) is 29.2 Å². The van der Waals surface area contributed by atoms with Gasteiger partial charge >= 0.3 is 5.97 Å². The molecule has 0 bridgehead atoms. The van der Waals surface area contributed by atoms with Crippen molar-refractivity contribution in [2.75, 3.05) is 7.11 Å². The van der Waals surface area contributed by atoms with E-state index in [1.807, 2.05) is 43.3 Å². The first-order valence-corrected chi connectivity index (χ1v) is 11.2. The number of ether oxygens (including phenoxy) is 2. The van der Waals surface area contributed by atoms with Crippen molar-refractivity contribution in [1.82, 2.24) is 9.88 Å². The van der Waals surface area contributed by atoms with Crippen molar-refractivity contribution in [2.45, 2.75) is 39.1 Å². The molecular weight excluding hydrogens is 447 g/mol. The average molecular weight is 471 g/mol. The lowest BCUT2D eigenvalue weighted by Gasteiger charge is -2.22. The highest BCUT2D eigenvalue weighted by Gasteiger charge is 2.26. The van der Waals surface area contributed by atoms with Gasteiger partial charge in [0.2, 0.25) is 0 Å². The van der Waals surface area contributed by atoms with Crippen LogP contribution >= 0.6 is 23.2 Å². The van der Waals surface area contributed by atoms with Crippen LogP contribution in [0.15, 0.2) is 54.6 Å². The van der Waals surface area contributed by atoms with Crippen LogP contribution in [0.1, 0.15) is 30.2 Å². The molecular formula is C25H24Cl2N2O3. The number of hydrogen-bond donors (Lipinski definition) is 0. The highest BCUT2D eigenvalue weighted by atomic mass is 35.5. The Labute approximate surface area is 197 Å². The lowest BCUT2D eigenvalue weighted by atomic mass is 10.1. The number of benzene rings is 2. The van der Waals surface area contributed by atoms with Crippen molar-refractivity contribution in [3.8, 4) is 17.0 Å². The molecule has 0 N–H and O–H groups in total. The SMILES string of the molecule is COC(=O)CC(C)N1Cc2ccc(-c3ccc(OCc4c(Cl)cccc4Cl)cc3)nc2C1. The minimum atomic E-state index is -0.193. The second-order valence-corrected chi connectivity index (χ2v) is 8.66. The summed E-state index contributed by atoms with van der Waals surface area (Å²) in [6.07, 6.45) is 0.373. The molecule has 1 atom stereocenters. The van der Waals surface area contributed by atoms with Crippen molar-refractivity contribution in [3.05, 3.63) is 81.5 Å². The van der Waals surface area contributed by atoms with Crippen molar-refractivity contribution in [1.29, 1.82) is 0 Å². The monoisotopic (exact) mass is 470 g/mol. The zero-order chi connectivity index (χ0) is 22.7. The number of methoxy groups -OCH3 is 1. The Morgan fingerprint density at radius 3 is 2.47 bits per heavy atom. The molecule has 7 heteroatoms. The van der Waals surface area contributed by atoms with Gasteiger partial charge in [-0.3, -0.25) is 14.7 Å². The Morgan fingerprint density at radius 1 is 1.06 bits per heavy atom. The van der Waals surface area contributed by atoms with Crippen LogP contribution in [0.4, 0.5) is 0 Å². The summed E-state index contributed by atoms with van der Waals surface area (Å²) in [5, 5.41) is 1.18. The van der Waals surface area contributed by atoms with Gasteiger partial charge in [-0.25, -0.2) is 0 Å². The molecule has 32 heavy (non-hydrogen) atoms. The summed E-state index contributed by atoms with van der Waals surface area (Å²) in [6, 6.07) is 17.5. The van der Waals surface area contributed by atoms with E-state index in [1.54, 1.807) is 12.1 Å². The van der Waals surface area contributed by atoms with E-state index < -0.39 is 0 Å². The molecule has 0 saturated carbocycles. The maximum absolute atomic E-state index is 11.6. The highest BCUT2D eigenvalue weighted by molar-refractivity contribution is 6.35. The first-order chi connectivity index (χ1) is 15.4. The van der Waals surface area contributed by atoms with E-state index in [0.29, 0.717) is 23.1 Å². The van der Waals surface area contributed by atoms with Crippen LogP contribution in [0, 0.1) is 0 Å². The lowest BCUT2D eigenvalue weighted by molar-refractivity contribution is -0.142. The molecule has 1 aliphatic rings. The number of halogens is 2. The number of rotatable bonds is 7. The van der Waals surface area contributed by atoms with Crippen LogP contribution in [-0.4, -0.2) is 29.0 Å². The Bertz CT molecular complexity index is 1100. The van der Waals surface area contributed by atoms with Crippen molar-refractivity contribution < 1.29 is 14.3 Å². The first kappa shape index (κ1) is 22.6. The molecule has 2 heterocycles. The number of carbonyl (C=O) groups excluding carboxylic acids is 1. The molecule has 1 aliphatic heterocycles. The summed E-state index contributed by atoms with van der Waals surface area (Å²) in [6.45, 7) is 3.85. The minimum Gasteiger partial charge on any atom is -0.489 e. The molecule has 1 unspecified atom stereocenters. The van der Waals surface area contributed by atoms with Crippen molar-refractivity contribution in [2.24, 2.45) is 0 Å². The van der Waals surface area contributed by atoms with Crippen LogP contribution < -0.4 is 4.74 Å². The molecule has 5 nitrogen and oxygen atoms in total. The quantitative estimate of drug-likeness (QED) is 0.402. The molecule has 0 saturated heterocycles. The van der Waals surface area contributed by atoms with Crippen LogP contribution in [0.5, 0.6) is 5.75 Å². The number of nitrogens with zero attached hydrogens (tertiary/aromatic N) is 2. The topological polar surface area (TPSA) is 51.7 Å². The molecule has 166 valence electrons. The fourth-order valence-electron chi connectivity index (χ4n) is 3.75. The van der Waals surface area contributed by atoms with Crippen molar-refractivity contribution in [3.63, 3.8) is 0 Å². The predicted molar refractivity (Wildman–Crippen MR) is 126 cm³/mol. The van der Waals surface area contributed by atoms with Gasteiger partial charge in [0.25, 0.3) is 0 Å². The number of hydrogen-bond acceptors (Lipinski definition) is 5. The summed E-state index contributed by atoms with van der Waals surface area (Å²) in [7, 11) is 1.42. The Hall–Kier alpha value is -2.60. The van der Waals surface area contributed by atoms with Gasteiger partial charge in [-0.2, -0.15) is 0 Å². The van der Waals surface area contributed by atoms with E-state index in [9.17, 15) is 4.79 Å². The molecule has 0 fully saturated rings. The maximum atomic E-state index is 11.6. The van der Waals surface area contributed by atoms with Crippen LogP contribution in [0.2, 0.25) is 10.0 Å². The lowest BCUT2D eigenvalue weighted by Crippen LogP contribution is -2.30. The summed E-state index contributed by atoms with van der Waals surface area (Å²) in [5.41, 5.74) is 4.94. The van der Waals surface area contributed by atoms with Gasteiger partial charge < -0.3 is 9.47 Å². The number of aromatic nitrogens is 1.